The van der Waals surface area contributed by atoms with E-state index in [9.17, 15) is 4.79 Å². The number of carbonyl (C=O) groups is 1. The molecule has 2 unspecified atom stereocenters. The van der Waals surface area contributed by atoms with Crippen LogP contribution < -0.4 is 10.0 Å². The first-order chi connectivity index (χ1) is 16.2. The maximum absolute atomic E-state index is 13.7. The lowest BCUT2D eigenvalue weighted by Crippen LogP contribution is -2.56. The Balaban J connectivity index is 1.51. The van der Waals surface area contributed by atoms with Gasteiger partial charge < -0.3 is 10.2 Å². The van der Waals surface area contributed by atoms with Crippen molar-refractivity contribution in [1.29, 1.82) is 0 Å². The van der Waals surface area contributed by atoms with Crippen LogP contribution in [0.15, 0.2) is 0 Å². The van der Waals surface area contributed by atoms with Crippen LogP contribution in [-0.4, -0.2) is 54.2 Å². The molecule has 2 aliphatic carbocycles. The molecule has 1 saturated heterocycles. The second kappa shape index (κ2) is 13.5. The average molecular weight is 514 g/mol. The Morgan fingerprint density at radius 3 is 2.35 bits per heavy atom. The first-order valence-electron chi connectivity index (χ1n) is 14.2. The summed E-state index contributed by atoms with van der Waals surface area (Å²) in [5.41, 5.74) is 0.180. The third kappa shape index (κ3) is 8.02. The van der Waals surface area contributed by atoms with Crippen LogP contribution >= 0.6 is 23.5 Å². The van der Waals surface area contributed by atoms with Crippen LogP contribution in [0.3, 0.4) is 0 Å². The van der Waals surface area contributed by atoms with Crippen molar-refractivity contribution in [2.45, 2.75) is 104 Å². The zero-order chi connectivity index (χ0) is 24.7. The molecule has 0 aromatic heterocycles. The highest BCUT2D eigenvalue weighted by Gasteiger charge is 2.43. The standard InChI is InChI=1S/C28H52ClN3OS/c1-6-34-31-18-22-9-7-8-21(16-22)17-30-26(20(2)3)27(33)32-15-14-25(28(4,5)19-32)23-10-12-24(29)13-11-23/h20-26,30-31H,6-19H2,1-5H3/t21?,22?,23?,24?,25-,26-/m1/s1. The normalized spacial score (nSPS) is 33.1. The first kappa shape index (κ1) is 28.6. The Morgan fingerprint density at radius 2 is 1.74 bits per heavy atom. The van der Waals surface area contributed by atoms with Crippen molar-refractivity contribution in [3.05, 3.63) is 0 Å². The first-order valence-corrected chi connectivity index (χ1v) is 15.6. The Kier molecular flexibility index (Phi) is 11.4. The van der Waals surface area contributed by atoms with Gasteiger partial charge in [0.25, 0.3) is 0 Å². The van der Waals surface area contributed by atoms with E-state index in [1.54, 1.807) is 0 Å². The molecule has 1 aliphatic heterocycles. The number of likely N-dealkylation sites (tertiary alicyclic amines) is 1. The van der Waals surface area contributed by atoms with Gasteiger partial charge in [0, 0.05) is 30.8 Å². The summed E-state index contributed by atoms with van der Waals surface area (Å²) in [4.78, 5) is 15.9. The van der Waals surface area contributed by atoms with Crippen LogP contribution in [0.4, 0.5) is 0 Å². The van der Waals surface area contributed by atoms with Gasteiger partial charge in [-0.05, 0) is 92.9 Å². The maximum atomic E-state index is 13.7. The van der Waals surface area contributed by atoms with Gasteiger partial charge in [-0.2, -0.15) is 0 Å². The van der Waals surface area contributed by atoms with Crippen LogP contribution in [0.2, 0.25) is 0 Å². The fourth-order valence-corrected chi connectivity index (χ4v) is 7.88. The Morgan fingerprint density at radius 1 is 1.06 bits per heavy atom. The molecule has 2 N–H and O–H groups in total. The molecule has 2 saturated carbocycles. The predicted octanol–water partition coefficient (Wildman–Crippen LogP) is 6.34. The molecule has 4 nitrogen and oxygen atoms in total. The van der Waals surface area contributed by atoms with Crippen molar-refractivity contribution < 1.29 is 4.79 Å². The van der Waals surface area contributed by atoms with Gasteiger partial charge >= 0.3 is 0 Å². The summed E-state index contributed by atoms with van der Waals surface area (Å²) in [6.07, 6.45) is 11.3. The number of carbonyl (C=O) groups excluding carboxylic acids is 1. The smallest absolute Gasteiger partial charge is 0.239 e. The molecule has 1 heterocycles. The molecule has 0 spiro atoms. The number of hydrogen-bond donors (Lipinski definition) is 2. The van der Waals surface area contributed by atoms with Crippen molar-refractivity contribution in [2.75, 3.05) is 31.9 Å². The van der Waals surface area contributed by atoms with Crippen molar-refractivity contribution in [3.63, 3.8) is 0 Å². The average Bonchev–Trinajstić information content (AvgIpc) is 2.79. The summed E-state index contributed by atoms with van der Waals surface area (Å²) < 4.78 is 3.54. The molecule has 3 aliphatic rings. The lowest BCUT2D eigenvalue weighted by atomic mass is 9.64. The number of hydrogen-bond acceptors (Lipinski definition) is 4. The zero-order valence-corrected chi connectivity index (χ0v) is 24.2. The number of alkyl halides is 1. The minimum Gasteiger partial charge on any atom is -0.341 e. The molecule has 34 heavy (non-hydrogen) atoms. The molecule has 0 bridgehead atoms. The fraction of sp³-hybridized carbons (Fsp3) is 0.964. The molecule has 198 valence electrons. The molecule has 3 rings (SSSR count). The van der Waals surface area contributed by atoms with E-state index in [0.29, 0.717) is 29.0 Å². The van der Waals surface area contributed by atoms with Crippen LogP contribution in [0.1, 0.15) is 92.4 Å². The lowest BCUT2D eigenvalue weighted by Gasteiger charge is -2.49. The van der Waals surface area contributed by atoms with E-state index in [1.807, 2.05) is 11.9 Å². The SMILES string of the molecule is CCSNCC1CCCC(CN[C@@H](C(=O)N2CC[C@H](C3CCC(Cl)CC3)C(C)(C)C2)C(C)C)C1. The number of nitrogens with one attached hydrogen (secondary N) is 2. The number of halogens is 1. The number of rotatable bonds is 10. The minimum absolute atomic E-state index is 0.0619. The Labute approximate surface area is 219 Å². The monoisotopic (exact) mass is 513 g/mol. The van der Waals surface area contributed by atoms with Crippen molar-refractivity contribution in [3.8, 4) is 0 Å². The van der Waals surface area contributed by atoms with Crippen LogP contribution in [-0.2, 0) is 4.79 Å². The molecule has 0 aromatic rings. The summed E-state index contributed by atoms with van der Waals surface area (Å²) in [7, 11) is 0. The van der Waals surface area contributed by atoms with Gasteiger partial charge in [-0.3, -0.25) is 9.52 Å². The molecule has 1 amide bonds. The number of amides is 1. The summed E-state index contributed by atoms with van der Waals surface area (Å²) >= 11 is 8.21. The van der Waals surface area contributed by atoms with Crippen LogP contribution in [0.5, 0.6) is 0 Å². The number of nitrogens with zero attached hydrogens (tertiary/aromatic N) is 1. The molecule has 0 radical (unpaired) electrons. The highest BCUT2D eigenvalue weighted by molar-refractivity contribution is 7.97. The molecular weight excluding hydrogens is 462 g/mol. The fourth-order valence-electron chi connectivity index (χ4n) is 7.07. The van der Waals surface area contributed by atoms with E-state index in [-0.39, 0.29) is 11.5 Å². The van der Waals surface area contributed by atoms with Crippen molar-refractivity contribution in [2.24, 2.45) is 35.0 Å². The van der Waals surface area contributed by atoms with Gasteiger partial charge in [-0.15, -0.1) is 11.6 Å². The van der Waals surface area contributed by atoms with E-state index in [1.165, 1.54) is 38.5 Å². The van der Waals surface area contributed by atoms with Gasteiger partial charge in [-0.25, -0.2) is 0 Å². The molecular formula is C28H52ClN3OS. The topological polar surface area (TPSA) is 44.4 Å². The highest BCUT2D eigenvalue weighted by atomic mass is 35.5. The minimum atomic E-state index is -0.0619. The second-order valence-corrected chi connectivity index (χ2v) is 14.2. The van der Waals surface area contributed by atoms with E-state index in [4.69, 9.17) is 11.6 Å². The lowest BCUT2D eigenvalue weighted by molar-refractivity contribution is -0.140. The van der Waals surface area contributed by atoms with E-state index >= 15 is 0 Å². The van der Waals surface area contributed by atoms with E-state index in [0.717, 1.165) is 63.0 Å². The van der Waals surface area contributed by atoms with Gasteiger partial charge in [0.15, 0.2) is 0 Å². The Bertz CT molecular complexity index is 623. The molecule has 4 atom stereocenters. The number of piperidine rings is 1. The quantitative estimate of drug-likeness (QED) is 0.203. The van der Waals surface area contributed by atoms with Gasteiger partial charge in [0.1, 0.15) is 0 Å². The van der Waals surface area contributed by atoms with Gasteiger partial charge in [0.05, 0.1) is 6.04 Å². The summed E-state index contributed by atoms with van der Waals surface area (Å²) in [5, 5.41) is 4.13. The highest BCUT2D eigenvalue weighted by Crippen LogP contribution is 2.45. The second-order valence-electron chi connectivity index (χ2n) is 12.5. The zero-order valence-electron chi connectivity index (χ0n) is 22.6. The van der Waals surface area contributed by atoms with E-state index < -0.39 is 0 Å². The predicted molar refractivity (Wildman–Crippen MR) is 148 cm³/mol. The van der Waals surface area contributed by atoms with Gasteiger partial charge in [-0.1, -0.05) is 53.0 Å². The van der Waals surface area contributed by atoms with Crippen LogP contribution in [0.25, 0.3) is 0 Å². The largest absolute Gasteiger partial charge is 0.341 e. The Hall–Kier alpha value is 0.0300. The summed E-state index contributed by atoms with van der Waals surface area (Å²) in [6, 6.07) is -0.0619. The van der Waals surface area contributed by atoms with Gasteiger partial charge in [0.2, 0.25) is 5.91 Å². The van der Waals surface area contributed by atoms with Crippen molar-refractivity contribution in [1.82, 2.24) is 14.9 Å². The maximum Gasteiger partial charge on any atom is 0.239 e. The van der Waals surface area contributed by atoms with Crippen LogP contribution in [0, 0.1) is 35.0 Å². The third-order valence-electron chi connectivity index (χ3n) is 8.96. The summed E-state index contributed by atoms with van der Waals surface area (Å²) in [6.45, 7) is 15.3. The molecule has 3 fully saturated rings. The molecule has 6 heteroatoms. The molecule has 0 aromatic carbocycles. The van der Waals surface area contributed by atoms with Crippen molar-refractivity contribution >= 4 is 29.5 Å². The van der Waals surface area contributed by atoms with E-state index in [2.05, 4.69) is 49.6 Å². The summed E-state index contributed by atoms with van der Waals surface area (Å²) in [5.74, 6) is 4.74. The third-order valence-corrected chi connectivity index (χ3v) is 10.1.